The highest BCUT2D eigenvalue weighted by atomic mass is 35.5. The normalized spacial score (nSPS) is 10.5. The molecule has 0 bridgehead atoms. The number of halogens is 2. The maximum Gasteiger partial charge on any atom is 0.128 e. The van der Waals surface area contributed by atoms with Crippen LogP contribution in [0.4, 0.5) is 10.1 Å². The molecule has 0 saturated heterocycles. The van der Waals surface area contributed by atoms with Crippen LogP contribution in [0.25, 0.3) is 0 Å². The molecule has 98 valence electrons. The fourth-order valence-electron chi connectivity index (χ4n) is 1.89. The summed E-state index contributed by atoms with van der Waals surface area (Å²) >= 11 is 5.70. The summed E-state index contributed by atoms with van der Waals surface area (Å²) in [5.41, 5.74) is 8.81. The Bertz CT molecular complexity index is 638. The van der Waals surface area contributed by atoms with Gasteiger partial charge in [-0.05, 0) is 30.2 Å². The Hall–Kier alpha value is -1.87. The van der Waals surface area contributed by atoms with Crippen LogP contribution in [-0.2, 0) is 6.42 Å². The van der Waals surface area contributed by atoms with Crippen LogP contribution in [-0.4, -0.2) is 5.71 Å². The van der Waals surface area contributed by atoms with Crippen molar-refractivity contribution in [3.8, 4) is 0 Å². The van der Waals surface area contributed by atoms with Crippen LogP contribution in [0.5, 0.6) is 0 Å². The van der Waals surface area contributed by atoms with Gasteiger partial charge in [-0.3, -0.25) is 0 Å². The predicted molar refractivity (Wildman–Crippen MR) is 77.5 cm³/mol. The van der Waals surface area contributed by atoms with Gasteiger partial charge in [0, 0.05) is 28.4 Å². The summed E-state index contributed by atoms with van der Waals surface area (Å²) < 4.78 is 13.7. The van der Waals surface area contributed by atoms with Gasteiger partial charge < -0.3 is 11.1 Å². The summed E-state index contributed by atoms with van der Waals surface area (Å²) in [5.74, 6) is -0.400. The van der Waals surface area contributed by atoms with Crippen molar-refractivity contribution >= 4 is 23.0 Å². The lowest BCUT2D eigenvalue weighted by Crippen LogP contribution is -2.09. The van der Waals surface area contributed by atoms with E-state index in [1.54, 1.807) is 18.2 Å². The number of benzene rings is 2. The molecule has 2 rings (SSSR count). The van der Waals surface area contributed by atoms with Gasteiger partial charge in [-0.25, -0.2) is 4.39 Å². The fourth-order valence-corrected chi connectivity index (χ4v) is 2.05. The summed E-state index contributed by atoms with van der Waals surface area (Å²) in [7, 11) is 0. The van der Waals surface area contributed by atoms with Gasteiger partial charge in [-0.2, -0.15) is 0 Å². The van der Waals surface area contributed by atoms with E-state index in [2.05, 4.69) is 0 Å². The average Bonchev–Trinajstić information content (AvgIpc) is 2.36. The Balaban J connectivity index is 2.28. The summed E-state index contributed by atoms with van der Waals surface area (Å²) in [6.07, 6.45) is 0.191. The second-order valence-electron chi connectivity index (χ2n) is 4.43. The van der Waals surface area contributed by atoms with Gasteiger partial charge in [0.05, 0.1) is 0 Å². The summed E-state index contributed by atoms with van der Waals surface area (Å²) in [5, 5.41) is 8.43. The third kappa shape index (κ3) is 2.93. The number of hydrogen-bond donors (Lipinski definition) is 2. The molecular formula is C15H14ClFN2. The maximum absolute atomic E-state index is 13.7. The summed E-state index contributed by atoms with van der Waals surface area (Å²) in [6.45, 7) is 1.88. The van der Waals surface area contributed by atoms with Gasteiger partial charge in [-0.15, -0.1) is 0 Å². The second-order valence-corrected chi connectivity index (χ2v) is 4.86. The highest BCUT2D eigenvalue weighted by Crippen LogP contribution is 2.20. The topological polar surface area (TPSA) is 49.9 Å². The SMILES string of the molecule is Cc1cccc(C(=N)Cc2ccc(Cl)cc2F)c1N. The summed E-state index contributed by atoms with van der Waals surface area (Å²) in [4.78, 5) is 0. The van der Waals surface area contributed by atoms with Crippen LogP contribution in [0, 0.1) is 18.2 Å². The zero-order valence-electron chi connectivity index (χ0n) is 10.5. The molecule has 0 radical (unpaired) electrons. The summed E-state index contributed by atoms with van der Waals surface area (Å²) in [6, 6.07) is 9.97. The monoisotopic (exact) mass is 276 g/mol. The standard InChI is InChI=1S/C15H14ClFN2/c1-9-3-2-4-12(15(9)19)14(18)7-10-5-6-11(16)8-13(10)17/h2-6,8,18H,7,19H2,1H3. The highest BCUT2D eigenvalue weighted by molar-refractivity contribution is 6.30. The number of aryl methyl sites for hydroxylation is 1. The number of hydrogen-bond acceptors (Lipinski definition) is 2. The van der Waals surface area contributed by atoms with E-state index in [1.807, 2.05) is 19.1 Å². The number of anilines is 1. The molecule has 0 aliphatic carbocycles. The molecule has 0 atom stereocenters. The molecule has 2 aromatic rings. The number of rotatable bonds is 3. The van der Waals surface area contributed by atoms with E-state index in [1.165, 1.54) is 6.07 Å². The largest absolute Gasteiger partial charge is 0.398 e. The molecule has 0 saturated carbocycles. The zero-order valence-corrected chi connectivity index (χ0v) is 11.3. The molecule has 0 spiro atoms. The van der Waals surface area contributed by atoms with Crippen molar-refractivity contribution in [2.75, 3.05) is 5.73 Å². The van der Waals surface area contributed by atoms with Crippen LogP contribution in [0.3, 0.4) is 0 Å². The minimum absolute atomic E-state index is 0.191. The average molecular weight is 277 g/mol. The van der Waals surface area contributed by atoms with E-state index in [4.69, 9.17) is 22.7 Å². The van der Waals surface area contributed by atoms with Gasteiger partial charge in [0.2, 0.25) is 0 Å². The molecule has 4 heteroatoms. The molecule has 19 heavy (non-hydrogen) atoms. The number of nitrogens with two attached hydrogens (primary N) is 1. The molecule has 0 heterocycles. The third-order valence-electron chi connectivity index (χ3n) is 3.03. The molecule has 2 aromatic carbocycles. The first-order chi connectivity index (χ1) is 8.99. The van der Waals surface area contributed by atoms with Crippen molar-refractivity contribution in [3.05, 3.63) is 63.9 Å². The molecular weight excluding hydrogens is 263 g/mol. The molecule has 0 aliphatic rings. The van der Waals surface area contributed by atoms with Crippen LogP contribution in [0.15, 0.2) is 36.4 Å². The van der Waals surface area contributed by atoms with Gasteiger partial charge in [0.15, 0.2) is 0 Å². The Morgan fingerprint density at radius 1 is 1.32 bits per heavy atom. The smallest absolute Gasteiger partial charge is 0.128 e. The minimum Gasteiger partial charge on any atom is -0.398 e. The van der Waals surface area contributed by atoms with E-state index >= 15 is 0 Å². The molecule has 2 nitrogen and oxygen atoms in total. The van der Waals surface area contributed by atoms with Crippen molar-refractivity contribution < 1.29 is 4.39 Å². The predicted octanol–water partition coefficient (Wildman–Crippen LogP) is 3.98. The number of nitrogens with one attached hydrogen (secondary N) is 1. The van der Waals surface area contributed by atoms with Crippen molar-refractivity contribution in [3.63, 3.8) is 0 Å². The lowest BCUT2D eigenvalue weighted by Gasteiger charge is -2.10. The van der Waals surface area contributed by atoms with E-state index in [0.717, 1.165) is 5.56 Å². The molecule has 0 fully saturated rings. The quantitative estimate of drug-likeness (QED) is 0.646. The van der Waals surface area contributed by atoms with Gasteiger partial charge in [-0.1, -0.05) is 35.9 Å². The van der Waals surface area contributed by atoms with Gasteiger partial charge in [0.25, 0.3) is 0 Å². The lowest BCUT2D eigenvalue weighted by atomic mass is 9.98. The molecule has 0 aromatic heterocycles. The van der Waals surface area contributed by atoms with E-state index < -0.39 is 5.82 Å². The minimum atomic E-state index is -0.400. The lowest BCUT2D eigenvalue weighted by molar-refractivity contribution is 0.616. The van der Waals surface area contributed by atoms with E-state index in [9.17, 15) is 4.39 Å². The highest BCUT2D eigenvalue weighted by Gasteiger charge is 2.11. The third-order valence-corrected chi connectivity index (χ3v) is 3.27. The van der Waals surface area contributed by atoms with E-state index in [-0.39, 0.29) is 6.42 Å². The maximum atomic E-state index is 13.7. The van der Waals surface area contributed by atoms with Gasteiger partial charge >= 0.3 is 0 Å². The first-order valence-electron chi connectivity index (χ1n) is 5.86. The zero-order chi connectivity index (χ0) is 14.0. The Kier molecular flexibility index (Phi) is 3.86. The fraction of sp³-hybridized carbons (Fsp3) is 0.133. The Morgan fingerprint density at radius 2 is 2.05 bits per heavy atom. The molecule has 3 N–H and O–H groups in total. The van der Waals surface area contributed by atoms with Gasteiger partial charge in [0.1, 0.15) is 5.82 Å². The Labute approximate surface area is 116 Å². The molecule has 0 unspecified atom stereocenters. The van der Waals surface area contributed by atoms with Crippen molar-refractivity contribution in [1.82, 2.24) is 0 Å². The van der Waals surface area contributed by atoms with Crippen LogP contribution in [0.1, 0.15) is 16.7 Å². The first kappa shape index (κ1) is 13.6. The van der Waals surface area contributed by atoms with Crippen LogP contribution in [0.2, 0.25) is 5.02 Å². The number of para-hydroxylation sites is 1. The van der Waals surface area contributed by atoms with Crippen molar-refractivity contribution in [2.45, 2.75) is 13.3 Å². The number of nitrogen functional groups attached to an aromatic ring is 1. The Morgan fingerprint density at radius 3 is 2.74 bits per heavy atom. The van der Waals surface area contributed by atoms with Crippen LogP contribution >= 0.6 is 11.6 Å². The van der Waals surface area contributed by atoms with E-state index in [0.29, 0.717) is 27.5 Å². The second kappa shape index (κ2) is 5.41. The first-order valence-corrected chi connectivity index (χ1v) is 6.23. The van der Waals surface area contributed by atoms with Crippen LogP contribution < -0.4 is 5.73 Å². The van der Waals surface area contributed by atoms with Crippen molar-refractivity contribution in [2.24, 2.45) is 0 Å². The van der Waals surface area contributed by atoms with Crippen molar-refractivity contribution in [1.29, 1.82) is 5.41 Å². The molecule has 0 aliphatic heterocycles. The molecule has 0 amide bonds.